The van der Waals surface area contributed by atoms with Crippen molar-refractivity contribution in [3.63, 3.8) is 0 Å². The van der Waals surface area contributed by atoms with Crippen molar-refractivity contribution in [3.05, 3.63) is 55.4 Å². The van der Waals surface area contributed by atoms with Gasteiger partial charge in [0.05, 0.1) is 5.39 Å². The highest BCUT2D eigenvalue weighted by molar-refractivity contribution is 7.18. The minimum absolute atomic E-state index is 0.0937. The van der Waals surface area contributed by atoms with Gasteiger partial charge >= 0.3 is 5.97 Å². The molecular formula is C19H15ClN2O4S. The van der Waals surface area contributed by atoms with E-state index in [1.807, 2.05) is 0 Å². The number of aryl methyl sites for hydroxylation is 2. The van der Waals surface area contributed by atoms with Crippen LogP contribution >= 0.6 is 22.9 Å². The van der Waals surface area contributed by atoms with Crippen LogP contribution in [0.3, 0.4) is 0 Å². The van der Waals surface area contributed by atoms with E-state index in [1.165, 1.54) is 4.88 Å². The number of carbonyl (C=O) groups excluding carboxylic acids is 1. The van der Waals surface area contributed by atoms with Crippen LogP contribution in [0.25, 0.3) is 10.2 Å². The van der Waals surface area contributed by atoms with Gasteiger partial charge in [-0.05, 0) is 48.6 Å². The number of fused-ring (bicyclic) bond motifs is 4. The Labute approximate surface area is 163 Å². The van der Waals surface area contributed by atoms with E-state index in [2.05, 4.69) is 9.97 Å². The molecule has 0 amide bonds. The lowest BCUT2D eigenvalue weighted by atomic mass is 10.1. The van der Waals surface area contributed by atoms with E-state index in [4.69, 9.17) is 21.1 Å². The van der Waals surface area contributed by atoms with E-state index in [0.717, 1.165) is 30.4 Å². The molecule has 0 bridgehead atoms. The van der Waals surface area contributed by atoms with Gasteiger partial charge in [0.15, 0.2) is 6.10 Å². The number of nitrogens with zero attached hydrogens (tertiary/aromatic N) is 1. The van der Waals surface area contributed by atoms with E-state index in [9.17, 15) is 9.59 Å². The van der Waals surface area contributed by atoms with Crippen molar-refractivity contribution in [3.8, 4) is 5.75 Å². The highest BCUT2D eigenvalue weighted by atomic mass is 35.5. The molecule has 0 saturated carbocycles. The first-order chi connectivity index (χ1) is 13.1. The number of carbonyl (C=O) groups is 1. The fourth-order valence-corrected chi connectivity index (χ4v) is 5.17. The second-order valence-corrected chi connectivity index (χ2v) is 8.24. The summed E-state index contributed by atoms with van der Waals surface area (Å²) in [7, 11) is 0. The first-order valence-corrected chi connectivity index (χ1v) is 9.93. The summed E-state index contributed by atoms with van der Waals surface area (Å²) < 4.78 is 11.0. The number of hydrogen-bond acceptors (Lipinski definition) is 6. The lowest BCUT2D eigenvalue weighted by Gasteiger charge is -2.10. The first-order valence-electron chi connectivity index (χ1n) is 8.73. The summed E-state index contributed by atoms with van der Waals surface area (Å²) in [5, 5.41) is 1.29. The van der Waals surface area contributed by atoms with Crippen molar-refractivity contribution < 1.29 is 14.3 Å². The predicted octanol–water partition coefficient (Wildman–Crippen LogP) is 3.17. The van der Waals surface area contributed by atoms with Crippen molar-refractivity contribution in [2.75, 3.05) is 0 Å². The van der Waals surface area contributed by atoms with E-state index in [1.54, 1.807) is 29.5 Å². The van der Waals surface area contributed by atoms with Crippen molar-refractivity contribution in [1.29, 1.82) is 0 Å². The van der Waals surface area contributed by atoms with Crippen molar-refractivity contribution >= 4 is 39.1 Å². The number of hydrogen-bond donors (Lipinski definition) is 1. The number of halogens is 1. The van der Waals surface area contributed by atoms with Crippen molar-refractivity contribution in [1.82, 2.24) is 9.97 Å². The topological polar surface area (TPSA) is 81.3 Å². The Morgan fingerprint density at radius 3 is 3.19 bits per heavy atom. The number of aromatic amines is 1. The Morgan fingerprint density at radius 1 is 1.41 bits per heavy atom. The van der Waals surface area contributed by atoms with Gasteiger partial charge in [-0.25, -0.2) is 9.78 Å². The molecule has 27 heavy (non-hydrogen) atoms. The third kappa shape index (κ3) is 2.91. The number of rotatable bonds is 3. The molecule has 1 aliphatic carbocycles. The molecule has 138 valence electrons. The van der Waals surface area contributed by atoms with Crippen LogP contribution in [0.4, 0.5) is 0 Å². The molecule has 2 aromatic heterocycles. The average molecular weight is 403 g/mol. The highest BCUT2D eigenvalue weighted by Crippen LogP contribution is 2.34. The van der Waals surface area contributed by atoms with Crippen LogP contribution < -0.4 is 10.3 Å². The average Bonchev–Trinajstić information content (AvgIpc) is 3.32. The van der Waals surface area contributed by atoms with Crippen molar-refractivity contribution in [2.45, 2.75) is 38.4 Å². The van der Waals surface area contributed by atoms with E-state index < -0.39 is 12.1 Å². The summed E-state index contributed by atoms with van der Waals surface area (Å²) in [6, 6.07) is 5.25. The van der Waals surface area contributed by atoms with E-state index >= 15 is 0 Å². The smallest absolute Gasteiger partial charge is 0.348 e. The lowest BCUT2D eigenvalue weighted by Crippen LogP contribution is -2.28. The lowest BCUT2D eigenvalue weighted by molar-refractivity contribution is -0.152. The molecule has 2 aliphatic rings. The van der Waals surface area contributed by atoms with Gasteiger partial charge in [-0.15, -0.1) is 11.3 Å². The molecule has 5 rings (SSSR count). The Bertz CT molecular complexity index is 1140. The number of aromatic nitrogens is 2. The Hall–Kier alpha value is -2.38. The molecule has 1 aliphatic heterocycles. The van der Waals surface area contributed by atoms with Crippen molar-refractivity contribution in [2.24, 2.45) is 0 Å². The number of nitrogens with one attached hydrogen (secondary N) is 1. The fraction of sp³-hybridized carbons (Fsp3) is 0.316. The summed E-state index contributed by atoms with van der Waals surface area (Å²) in [4.78, 5) is 33.9. The second-order valence-electron chi connectivity index (χ2n) is 6.72. The molecule has 3 heterocycles. The number of thiophene rings is 1. The molecular weight excluding hydrogens is 388 g/mol. The summed E-state index contributed by atoms with van der Waals surface area (Å²) in [5.41, 5.74) is 1.85. The normalized spacial score (nSPS) is 17.6. The van der Waals surface area contributed by atoms with Gasteiger partial charge in [-0.3, -0.25) is 4.79 Å². The molecule has 0 saturated heterocycles. The zero-order valence-electron chi connectivity index (χ0n) is 14.2. The number of benzene rings is 1. The van der Waals surface area contributed by atoms with Crippen LogP contribution in [0.2, 0.25) is 5.02 Å². The van der Waals surface area contributed by atoms with Crippen LogP contribution in [-0.2, 0) is 35.4 Å². The summed E-state index contributed by atoms with van der Waals surface area (Å²) in [6.07, 6.45) is 2.72. The third-order valence-electron chi connectivity index (χ3n) is 4.94. The van der Waals surface area contributed by atoms with Crippen LogP contribution in [0.5, 0.6) is 5.75 Å². The van der Waals surface area contributed by atoms with Gasteiger partial charge < -0.3 is 14.5 Å². The molecule has 1 atom stereocenters. The van der Waals surface area contributed by atoms with Crippen LogP contribution in [0.1, 0.15) is 28.2 Å². The number of esters is 1. The largest absolute Gasteiger partial charge is 0.478 e. The molecule has 0 unspecified atom stereocenters. The van der Waals surface area contributed by atoms with Crippen LogP contribution in [-0.4, -0.2) is 22.0 Å². The maximum absolute atomic E-state index is 12.4. The van der Waals surface area contributed by atoms with Gasteiger partial charge in [0.1, 0.15) is 23.0 Å². The molecule has 1 aromatic carbocycles. The zero-order chi connectivity index (χ0) is 18.5. The fourth-order valence-electron chi connectivity index (χ4n) is 3.70. The van der Waals surface area contributed by atoms with Gasteiger partial charge in [0, 0.05) is 16.3 Å². The van der Waals surface area contributed by atoms with E-state index in [-0.39, 0.29) is 12.2 Å². The molecule has 3 aromatic rings. The third-order valence-corrected chi connectivity index (χ3v) is 6.36. The monoisotopic (exact) mass is 402 g/mol. The molecule has 1 N–H and O–H groups in total. The first kappa shape index (κ1) is 16.8. The molecule has 8 heteroatoms. The summed E-state index contributed by atoms with van der Waals surface area (Å²) >= 11 is 7.53. The standard InChI is InChI=1S/C19H15ClN2O4S/c20-10-4-5-12-9(6-10)7-13(26-12)19(24)25-8-15-21-17(23)16-11-2-1-3-14(11)27-18(16)22-15/h4-6,13H,1-3,7-8H2,(H,21,22,23)/t13-/m1/s1. The molecule has 0 fully saturated rings. The van der Waals surface area contributed by atoms with Gasteiger partial charge in [-0.2, -0.15) is 0 Å². The number of H-pyrrole nitrogens is 1. The minimum atomic E-state index is -0.709. The van der Waals surface area contributed by atoms with Crippen LogP contribution in [0.15, 0.2) is 23.0 Å². The van der Waals surface area contributed by atoms with Crippen LogP contribution in [0, 0.1) is 0 Å². The Balaban J connectivity index is 1.30. The van der Waals surface area contributed by atoms with Gasteiger partial charge in [-0.1, -0.05) is 11.6 Å². The Morgan fingerprint density at radius 2 is 2.30 bits per heavy atom. The zero-order valence-corrected chi connectivity index (χ0v) is 15.8. The quantitative estimate of drug-likeness (QED) is 0.680. The van der Waals surface area contributed by atoms with Gasteiger partial charge in [0.2, 0.25) is 0 Å². The molecule has 0 spiro atoms. The Kier molecular flexibility index (Phi) is 3.94. The van der Waals surface area contributed by atoms with E-state index in [0.29, 0.717) is 33.2 Å². The number of ether oxygens (including phenoxy) is 2. The highest BCUT2D eigenvalue weighted by Gasteiger charge is 2.31. The summed E-state index contributed by atoms with van der Waals surface area (Å²) in [6.45, 7) is -0.0937. The molecule has 6 nitrogen and oxygen atoms in total. The maximum atomic E-state index is 12.4. The second kappa shape index (κ2) is 6.35. The minimum Gasteiger partial charge on any atom is -0.478 e. The molecule has 0 radical (unpaired) electrons. The van der Waals surface area contributed by atoms with Gasteiger partial charge in [0.25, 0.3) is 5.56 Å². The predicted molar refractivity (Wildman–Crippen MR) is 102 cm³/mol. The summed E-state index contributed by atoms with van der Waals surface area (Å²) in [5.74, 6) is 0.500. The SMILES string of the molecule is O=C(OCc1nc2sc3c(c2c(=O)[nH]1)CCC3)[C@H]1Cc2cc(Cl)ccc2O1. The maximum Gasteiger partial charge on any atom is 0.348 e.